The normalized spacial score (nSPS) is 10.6. The number of rotatable bonds is 7. The van der Waals surface area contributed by atoms with E-state index in [4.69, 9.17) is 15.5 Å². The summed E-state index contributed by atoms with van der Waals surface area (Å²) in [5.74, 6) is -2.84. The molecule has 0 aromatic heterocycles. The first-order valence-electron chi connectivity index (χ1n) is 7.71. The third-order valence-electron chi connectivity index (χ3n) is 3.49. The quantitative estimate of drug-likeness (QED) is 0.436. The van der Waals surface area contributed by atoms with Gasteiger partial charge in [-0.25, -0.2) is 9.59 Å². The van der Waals surface area contributed by atoms with Crippen molar-refractivity contribution in [2.75, 3.05) is 5.32 Å². The van der Waals surface area contributed by atoms with Gasteiger partial charge in [0.1, 0.15) is 11.6 Å². The second-order valence-corrected chi connectivity index (χ2v) is 5.39. The van der Waals surface area contributed by atoms with Crippen LogP contribution in [-0.2, 0) is 11.3 Å². The van der Waals surface area contributed by atoms with Crippen LogP contribution in [-0.4, -0.2) is 28.1 Å². The molecule has 1 amide bonds. The maximum Gasteiger partial charge on any atom is 0.335 e. The number of nitrogens with zero attached hydrogens (tertiary/aromatic N) is 1. The van der Waals surface area contributed by atoms with E-state index in [1.165, 1.54) is 42.6 Å². The molecule has 0 spiro atoms. The van der Waals surface area contributed by atoms with Gasteiger partial charge < -0.3 is 20.8 Å². The van der Waals surface area contributed by atoms with Crippen LogP contribution >= 0.6 is 0 Å². The van der Waals surface area contributed by atoms with Gasteiger partial charge in [-0.05, 0) is 35.9 Å². The van der Waals surface area contributed by atoms with Crippen molar-refractivity contribution in [2.24, 2.45) is 0 Å². The summed E-state index contributed by atoms with van der Waals surface area (Å²) in [4.78, 5) is 33.9. The number of carbonyl (C=O) groups is 3. The largest absolute Gasteiger partial charge is 0.478 e. The molecule has 4 N–H and O–H groups in total. The number of carboxylic acid groups (broad SMARTS) is 2. The Morgan fingerprint density at radius 2 is 1.67 bits per heavy atom. The molecule has 0 aliphatic heterocycles. The van der Waals surface area contributed by atoms with Crippen molar-refractivity contribution < 1.29 is 24.6 Å². The van der Waals surface area contributed by atoms with Crippen molar-refractivity contribution in [1.82, 2.24) is 5.32 Å². The lowest BCUT2D eigenvalue weighted by Crippen LogP contribution is -2.17. The highest BCUT2D eigenvalue weighted by molar-refractivity contribution is 6.06. The summed E-state index contributed by atoms with van der Waals surface area (Å²) in [6.07, 6.45) is 1.24. The number of carbonyl (C=O) groups excluding carboxylic acids is 1. The van der Waals surface area contributed by atoms with E-state index in [1.807, 2.05) is 0 Å². The van der Waals surface area contributed by atoms with Gasteiger partial charge in [-0.3, -0.25) is 4.79 Å². The van der Waals surface area contributed by atoms with Crippen LogP contribution in [0.2, 0.25) is 0 Å². The zero-order valence-electron chi connectivity index (χ0n) is 14.0. The van der Waals surface area contributed by atoms with Crippen LogP contribution in [0.5, 0.6) is 0 Å². The fraction of sp³-hybridized carbons (Fsp3) is 0.0526. The topological polar surface area (TPSA) is 140 Å². The highest BCUT2D eigenvalue weighted by Crippen LogP contribution is 2.12. The second-order valence-electron chi connectivity index (χ2n) is 5.39. The molecule has 0 bridgehead atoms. The van der Waals surface area contributed by atoms with Crippen molar-refractivity contribution >= 4 is 23.5 Å². The predicted octanol–water partition coefficient (Wildman–Crippen LogP) is 2.22. The van der Waals surface area contributed by atoms with Crippen LogP contribution in [0.25, 0.3) is 0 Å². The maximum absolute atomic E-state index is 12.1. The Kier molecular flexibility index (Phi) is 6.28. The van der Waals surface area contributed by atoms with Crippen LogP contribution in [0.1, 0.15) is 26.3 Å². The minimum atomic E-state index is -1.13. The predicted molar refractivity (Wildman–Crippen MR) is 96.0 cm³/mol. The smallest absolute Gasteiger partial charge is 0.335 e. The van der Waals surface area contributed by atoms with Gasteiger partial charge in [0.15, 0.2) is 0 Å². The van der Waals surface area contributed by atoms with E-state index in [0.717, 1.165) is 5.56 Å². The fourth-order valence-electron chi connectivity index (χ4n) is 2.11. The van der Waals surface area contributed by atoms with E-state index in [0.29, 0.717) is 0 Å². The number of benzene rings is 2. The second kappa shape index (κ2) is 8.82. The zero-order valence-corrected chi connectivity index (χ0v) is 14.0. The molecule has 8 nitrogen and oxygen atoms in total. The minimum absolute atomic E-state index is 0.0122. The van der Waals surface area contributed by atoms with Gasteiger partial charge in [0.25, 0.3) is 5.91 Å². The molecule has 0 aliphatic carbocycles. The summed E-state index contributed by atoms with van der Waals surface area (Å²) >= 11 is 0. The third kappa shape index (κ3) is 5.44. The summed E-state index contributed by atoms with van der Waals surface area (Å²) in [7, 11) is 0. The maximum atomic E-state index is 12.1. The SMILES string of the molecule is N#C/C(=C/NCc1ccc(C(=O)O)cc1)C(=O)Nc1cccc(C(=O)O)c1. The Morgan fingerprint density at radius 1 is 1.00 bits per heavy atom. The molecule has 0 fully saturated rings. The minimum Gasteiger partial charge on any atom is -0.478 e. The molecular weight excluding hydrogens is 350 g/mol. The van der Waals surface area contributed by atoms with Crippen LogP contribution in [0.4, 0.5) is 5.69 Å². The summed E-state index contributed by atoms with van der Waals surface area (Å²) in [5, 5.41) is 32.2. The van der Waals surface area contributed by atoms with E-state index in [9.17, 15) is 14.4 Å². The van der Waals surface area contributed by atoms with Gasteiger partial charge in [0, 0.05) is 18.4 Å². The summed E-state index contributed by atoms with van der Waals surface area (Å²) in [5.41, 5.74) is 1.000. The van der Waals surface area contributed by atoms with Crippen molar-refractivity contribution in [2.45, 2.75) is 6.54 Å². The molecule has 0 aliphatic rings. The molecule has 2 aromatic rings. The van der Waals surface area contributed by atoms with E-state index in [2.05, 4.69) is 10.6 Å². The van der Waals surface area contributed by atoms with Crippen molar-refractivity contribution in [3.8, 4) is 6.07 Å². The first-order valence-corrected chi connectivity index (χ1v) is 7.71. The van der Waals surface area contributed by atoms with E-state index in [1.54, 1.807) is 18.2 Å². The molecule has 0 heterocycles. The van der Waals surface area contributed by atoms with E-state index in [-0.39, 0.29) is 28.9 Å². The number of hydrogen-bond donors (Lipinski definition) is 4. The van der Waals surface area contributed by atoms with Crippen molar-refractivity contribution in [1.29, 1.82) is 5.26 Å². The van der Waals surface area contributed by atoms with Crippen LogP contribution in [0.3, 0.4) is 0 Å². The number of carboxylic acids is 2. The van der Waals surface area contributed by atoms with Crippen LogP contribution in [0, 0.1) is 11.3 Å². The number of anilines is 1. The highest BCUT2D eigenvalue weighted by Gasteiger charge is 2.11. The fourth-order valence-corrected chi connectivity index (χ4v) is 2.11. The number of amides is 1. The average molecular weight is 365 g/mol. The van der Waals surface area contributed by atoms with E-state index >= 15 is 0 Å². The average Bonchev–Trinajstić information content (AvgIpc) is 2.65. The van der Waals surface area contributed by atoms with Gasteiger partial charge in [0.2, 0.25) is 0 Å². The molecule has 0 atom stereocenters. The molecule has 136 valence electrons. The van der Waals surface area contributed by atoms with Gasteiger partial charge in [-0.1, -0.05) is 18.2 Å². The monoisotopic (exact) mass is 365 g/mol. The number of nitriles is 1. The summed E-state index contributed by atoms with van der Waals surface area (Å²) in [6.45, 7) is 0.285. The number of aromatic carboxylic acids is 2. The third-order valence-corrected chi connectivity index (χ3v) is 3.49. The van der Waals surface area contributed by atoms with Crippen molar-refractivity contribution in [3.05, 3.63) is 77.0 Å². The molecule has 27 heavy (non-hydrogen) atoms. The number of hydrogen-bond acceptors (Lipinski definition) is 5. The molecule has 0 saturated carbocycles. The lowest BCUT2D eigenvalue weighted by molar-refractivity contribution is -0.112. The molecule has 2 aromatic carbocycles. The highest BCUT2D eigenvalue weighted by atomic mass is 16.4. The molecule has 0 unspecified atom stereocenters. The Balaban J connectivity index is 1.99. The first-order chi connectivity index (χ1) is 12.9. The summed E-state index contributed by atoms with van der Waals surface area (Å²) in [6, 6.07) is 13.6. The summed E-state index contributed by atoms with van der Waals surface area (Å²) < 4.78 is 0. The van der Waals surface area contributed by atoms with Gasteiger partial charge in [-0.2, -0.15) is 5.26 Å². The van der Waals surface area contributed by atoms with Crippen molar-refractivity contribution in [3.63, 3.8) is 0 Å². The molecule has 2 rings (SSSR count). The molecular formula is C19H15N3O5. The number of nitrogens with one attached hydrogen (secondary N) is 2. The standard InChI is InChI=1S/C19H15N3O5/c20-9-15(11-21-10-12-4-6-13(7-5-12)18(24)25)17(23)22-16-3-1-2-14(8-16)19(26)27/h1-8,11,21H,10H2,(H,22,23)(H,24,25)(H,26,27)/b15-11-. The Morgan fingerprint density at radius 3 is 2.26 bits per heavy atom. The Bertz CT molecular complexity index is 943. The lowest BCUT2D eigenvalue weighted by atomic mass is 10.1. The Hall–Kier alpha value is -4.12. The molecule has 8 heteroatoms. The van der Waals surface area contributed by atoms with Gasteiger partial charge in [-0.15, -0.1) is 0 Å². The van der Waals surface area contributed by atoms with E-state index < -0.39 is 17.8 Å². The van der Waals surface area contributed by atoms with Crippen LogP contribution < -0.4 is 10.6 Å². The van der Waals surface area contributed by atoms with Crippen LogP contribution in [0.15, 0.2) is 60.3 Å². The zero-order chi connectivity index (χ0) is 19.8. The lowest BCUT2D eigenvalue weighted by Gasteiger charge is -2.06. The molecule has 0 radical (unpaired) electrons. The first kappa shape index (κ1) is 19.2. The van der Waals surface area contributed by atoms with Gasteiger partial charge >= 0.3 is 11.9 Å². The molecule has 0 saturated heterocycles. The Labute approximate surface area is 154 Å². The van der Waals surface area contributed by atoms with Gasteiger partial charge in [0.05, 0.1) is 11.1 Å².